The van der Waals surface area contributed by atoms with Crippen molar-refractivity contribution in [1.82, 2.24) is 14.7 Å². The average Bonchev–Trinajstić information content (AvgIpc) is 3.61. The van der Waals surface area contributed by atoms with Crippen molar-refractivity contribution in [2.75, 3.05) is 32.7 Å². The van der Waals surface area contributed by atoms with E-state index in [0.29, 0.717) is 38.1 Å². The molecule has 3 aliphatic rings. The van der Waals surface area contributed by atoms with E-state index in [1.54, 1.807) is 12.1 Å². The lowest BCUT2D eigenvalue weighted by Gasteiger charge is -2.35. The number of carbonyl (C=O) groups excluding carboxylic acids is 2. The number of hydrogen-bond donors (Lipinski definition) is 0. The van der Waals surface area contributed by atoms with Gasteiger partial charge in [-0.25, -0.2) is 4.39 Å². The van der Waals surface area contributed by atoms with Crippen LogP contribution in [0.15, 0.2) is 24.3 Å². The lowest BCUT2D eigenvalue weighted by molar-refractivity contribution is -0.141. The molecule has 1 saturated carbocycles. The van der Waals surface area contributed by atoms with Crippen molar-refractivity contribution in [2.45, 2.75) is 64.0 Å². The van der Waals surface area contributed by atoms with Crippen LogP contribution >= 0.6 is 0 Å². The van der Waals surface area contributed by atoms with Crippen molar-refractivity contribution in [3.05, 3.63) is 35.6 Å². The first-order chi connectivity index (χ1) is 14.6. The fraction of sp³-hybridized carbons (Fsp3) is 0.667. The van der Waals surface area contributed by atoms with Crippen LogP contribution in [0, 0.1) is 11.7 Å². The second kappa shape index (κ2) is 9.90. The van der Waals surface area contributed by atoms with Gasteiger partial charge in [0.15, 0.2) is 0 Å². The van der Waals surface area contributed by atoms with E-state index in [4.69, 9.17) is 0 Å². The first-order valence-corrected chi connectivity index (χ1v) is 11.7. The highest BCUT2D eigenvalue weighted by Gasteiger charge is 2.34. The van der Waals surface area contributed by atoms with Gasteiger partial charge in [-0.3, -0.25) is 14.5 Å². The molecule has 6 heteroatoms. The maximum absolute atomic E-state index is 13.2. The van der Waals surface area contributed by atoms with Gasteiger partial charge in [0.25, 0.3) is 0 Å². The van der Waals surface area contributed by atoms with E-state index in [1.807, 2.05) is 4.90 Å². The largest absolute Gasteiger partial charge is 0.342 e. The van der Waals surface area contributed by atoms with Crippen molar-refractivity contribution in [3.8, 4) is 0 Å². The summed E-state index contributed by atoms with van der Waals surface area (Å²) in [4.78, 5) is 32.0. The van der Waals surface area contributed by atoms with E-state index in [-0.39, 0.29) is 17.6 Å². The van der Waals surface area contributed by atoms with Crippen molar-refractivity contribution >= 4 is 11.8 Å². The first-order valence-electron chi connectivity index (χ1n) is 11.7. The molecular formula is C24H34FN3O2. The minimum absolute atomic E-state index is 0.0749. The maximum Gasteiger partial charge on any atom is 0.236 e. The molecule has 1 aliphatic carbocycles. The molecule has 2 saturated heterocycles. The van der Waals surface area contributed by atoms with E-state index in [9.17, 15) is 14.0 Å². The van der Waals surface area contributed by atoms with Gasteiger partial charge in [0, 0.05) is 44.7 Å². The van der Waals surface area contributed by atoms with Crippen LogP contribution in [0.3, 0.4) is 0 Å². The average molecular weight is 416 g/mol. The van der Waals surface area contributed by atoms with Crippen LogP contribution < -0.4 is 0 Å². The van der Waals surface area contributed by atoms with Crippen molar-refractivity contribution in [1.29, 1.82) is 0 Å². The van der Waals surface area contributed by atoms with Crippen LogP contribution in [-0.4, -0.2) is 65.3 Å². The van der Waals surface area contributed by atoms with Gasteiger partial charge in [-0.05, 0) is 56.2 Å². The minimum atomic E-state index is -0.231. The van der Waals surface area contributed by atoms with Crippen LogP contribution in [0.2, 0.25) is 0 Å². The molecule has 2 aliphatic heterocycles. The number of hydrogen-bond acceptors (Lipinski definition) is 3. The molecule has 2 heterocycles. The van der Waals surface area contributed by atoms with E-state index in [0.717, 1.165) is 57.2 Å². The zero-order valence-corrected chi connectivity index (χ0v) is 17.9. The van der Waals surface area contributed by atoms with Gasteiger partial charge in [-0.1, -0.05) is 25.0 Å². The molecule has 0 aromatic heterocycles. The van der Waals surface area contributed by atoms with Gasteiger partial charge in [0.2, 0.25) is 11.8 Å². The van der Waals surface area contributed by atoms with E-state index in [1.165, 1.54) is 25.0 Å². The highest BCUT2D eigenvalue weighted by molar-refractivity contribution is 5.81. The Hall–Kier alpha value is -1.95. The monoisotopic (exact) mass is 415 g/mol. The summed E-state index contributed by atoms with van der Waals surface area (Å²) in [5.74, 6) is 0.306. The van der Waals surface area contributed by atoms with Crippen molar-refractivity contribution in [2.24, 2.45) is 5.92 Å². The lowest BCUT2D eigenvalue weighted by Crippen LogP contribution is -2.47. The maximum atomic E-state index is 13.2. The van der Waals surface area contributed by atoms with Gasteiger partial charge >= 0.3 is 0 Å². The molecule has 0 N–H and O–H groups in total. The van der Waals surface area contributed by atoms with Gasteiger partial charge in [-0.2, -0.15) is 0 Å². The zero-order valence-electron chi connectivity index (χ0n) is 17.9. The molecule has 0 radical (unpaired) electrons. The summed E-state index contributed by atoms with van der Waals surface area (Å²) < 4.78 is 13.2. The molecule has 0 bridgehead atoms. The summed E-state index contributed by atoms with van der Waals surface area (Å²) in [5.41, 5.74) is 1.04. The molecule has 0 spiro atoms. The molecule has 1 aromatic carbocycles. The Morgan fingerprint density at radius 3 is 2.10 bits per heavy atom. The topological polar surface area (TPSA) is 43.9 Å². The molecule has 3 fully saturated rings. The molecule has 5 nitrogen and oxygen atoms in total. The highest BCUT2D eigenvalue weighted by atomic mass is 19.1. The quantitative estimate of drug-likeness (QED) is 0.715. The van der Waals surface area contributed by atoms with Crippen LogP contribution in [0.5, 0.6) is 0 Å². The number of amides is 2. The summed E-state index contributed by atoms with van der Waals surface area (Å²) >= 11 is 0. The molecule has 30 heavy (non-hydrogen) atoms. The fourth-order valence-electron chi connectivity index (χ4n) is 4.78. The zero-order chi connectivity index (χ0) is 20.9. The second-order valence-corrected chi connectivity index (χ2v) is 9.16. The summed E-state index contributed by atoms with van der Waals surface area (Å²) in [6, 6.07) is 7.02. The SMILES string of the molecule is O=C(CN(Cc1ccc(F)cc1)C1CC1)N1CCC(C(=O)N2CCCCCC2)CC1. The van der Waals surface area contributed by atoms with Crippen LogP contribution in [0.25, 0.3) is 0 Å². The van der Waals surface area contributed by atoms with Crippen LogP contribution in [0.4, 0.5) is 4.39 Å². The fourth-order valence-corrected chi connectivity index (χ4v) is 4.78. The number of halogens is 1. The van der Waals surface area contributed by atoms with Crippen molar-refractivity contribution < 1.29 is 14.0 Å². The van der Waals surface area contributed by atoms with E-state index >= 15 is 0 Å². The lowest BCUT2D eigenvalue weighted by atomic mass is 9.95. The Morgan fingerprint density at radius 2 is 1.50 bits per heavy atom. The molecule has 2 amide bonds. The van der Waals surface area contributed by atoms with Crippen LogP contribution in [-0.2, 0) is 16.1 Å². The normalized spacial score (nSPS) is 21.0. The highest BCUT2D eigenvalue weighted by Crippen LogP contribution is 2.29. The molecule has 1 aromatic rings. The third-order valence-corrected chi connectivity index (χ3v) is 6.82. The summed E-state index contributed by atoms with van der Waals surface area (Å²) in [6.07, 6.45) is 8.51. The Labute approximate surface area is 179 Å². The van der Waals surface area contributed by atoms with E-state index in [2.05, 4.69) is 9.80 Å². The smallest absolute Gasteiger partial charge is 0.236 e. The van der Waals surface area contributed by atoms with Gasteiger partial charge in [0.1, 0.15) is 5.82 Å². The molecule has 164 valence electrons. The Kier molecular flexibility index (Phi) is 7.03. The molecule has 0 atom stereocenters. The molecule has 0 unspecified atom stereocenters. The standard InChI is InChI=1S/C24H34FN3O2/c25-21-7-5-19(6-8-21)17-28(22-9-10-22)18-23(29)26-15-11-20(12-16-26)24(30)27-13-3-1-2-4-14-27/h5-8,20,22H,1-4,9-18H2. The molecule has 4 rings (SSSR count). The number of carbonyl (C=O) groups is 2. The molecular weight excluding hydrogens is 381 g/mol. The number of nitrogens with zero attached hydrogens (tertiary/aromatic N) is 3. The predicted molar refractivity (Wildman–Crippen MR) is 114 cm³/mol. The summed E-state index contributed by atoms with van der Waals surface area (Å²) in [5, 5.41) is 0. The first kappa shape index (κ1) is 21.3. The Bertz CT molecular complexity index is 718. The van der Waals surface area contributed by atoms with Crippen LogP contribution in [0.1, 0.15) is 56.9 Å². The number of likely N-dealkylation sites (tertiary alicyclic amines) is 2. The summed E-state index contributed by atoms with van der Waals surface area (Å²) in [7, 11) is 0. The third-order valence-electron chi connectivity index (χ3n) is 6.82. The number of rotatable bonds is 6. The Morgan fingerprint density at radius 1 is 0.867 bits per heavy atom. The Balaban J connectivity index is 1.26. The minimum Gasteiger partial charge on any atom is -0.342 e. The van der Waals surface area contributed by atoms with E-state index < -0.39 is 0 Å². The number of benzene rings is 1. The van der Waals surface area contributed by atoms with Gasteiger partial charge in [0.05, 0.1) is 6.54 Å². The predicted octanol–water partition coefficient (Wildman–Crippen LogP) is 3.43. The van der Waals surface area contributed by atoms with Crippen molar-refractivity contribution in [3.63, 3.8) is 0 Å². The summed E-state index contributed by atoms with van der Waals surface area (Å²) in [6.45, 7) is 4.25. The third kappa shape index (κ3) is 5.60. The van der Waals surface area contributed by atoms with Gasteiger partial charge in [-0.15, -0.1) is 0 Å². The second-order valence-electron chi connectivity index (χ2n) is 9.16. The number of piperidine rings is 1. The van der Waals surface area contributed by atoms with Gasteiger partial charge < -0.3 is 9.80 Å².